The molecule has 1 fully saturated rings. The summed E-state index contributed by atoms with van der Waals surface area (Å²) >= 11 is 6.01. The molecule has 0 radical (unpaired) electrons. The monoisotopic (exact) mass is 298 g/mol. The third kappa shape index (κ3) is 3.58. The van der Waals surface area contributed by atoms with E-state index in [1.807, 2.05) is 0 Å². The summed E-state index contributed by atoms with van der Waals surface area (Å²) in [6.07, 6.45) is 1.64. The molecule has 1 saturated heterocycles. The number of halogens is 1. The van der Waals surface area contributed by atoms with E-state index in [-0.39, 0.29) is 11.8 Å². The molecule has 1 aliphatic heterocycles. The molecule has 1 N–H and O–H groups in total. The average Bonchev–Trinajstić information content (AvgIpc) is 2.46. The van der Waals surface area contributed by atoms with Gasteiger partial charge in [0.2, 0.25) is 5.91 Å². The van der Waals surface area contributed by atoms with Crippen LogP contribution in [0.4, 0.5) is 5.82 Å². The van der Waals surface area contributed by atoms with E-state index in [9.17, 15) is 4.79 Å². The van der Waals surface area contributed by atoms with Gasteiger partial charge in [0, 0.05) is 39.2 Å². The number of rotatable bonds is 4. The topological polar surface area (TPSA) is 67.4 Å². The second kappa shape index (κ2) is 6.85. The van der Waals surface area contributed by atoms with Gasteiger partial charge in [-0.15, -0.1) is 0 Å². The summed E-state index contributed by atoms with van der Waals surface area (Å²) in [6, 6.07) is 1.75. The van der Waals surface area contributed by atoms with E-state index in [4.69, 9.17) is 16.3 Å². The minimum Gasteiger partial charge on any atom is -0.377 e. The molecule has 0 spiro atoms. The van der Waals surface area contributed by atoms with Crippen LogP contribution in [-0.4, -0.2) is 43.1 Å². The van der Waals surface area contributed by atoms with E-state index in [0.717, 1.165) is 31.7 Å². The van der Waals surface area contributed by atoms with Crippen LogP contribution < -0.4 is 10.2 Å². The first-order valence-corrected chi connectivity index (χ1v) is 7.00. The zero-order chi connectivity index (χ0) is 14.5. The molecule has 20 heavy (non-hydrogen) atoms. The van der Waals surface area contributed by atoms with Crippen molar-refractivity contribution >= 4 is 23.3 Å². The summed E-state index contributed by atoms with van der Waals surface area (Å²) in [6.45, 7) is 1.91. The minimum absolute atomic E-state index is 0.0898. The predicted molar refractivity (Wildman–Crippen MR) is 76.8 cm³/mol. The van der Waals surface area contributed by atoms with Crippen LogP contribution in [0.25, 0.3) is 0 Å². The number of nitrogens with zero attached hydrogens (tertiary/aromatic N) is 3. The molecule has 1 aromatic heterocycles. The predicted octanol–water partition coefficient (Wildman–Crippen LogP) is 1.24. The van der Waals surface area contributed by atoms with Gasteiger partial charge < -0.3 is 15.0 Å². The van der Waals surface area contributed by atoms with Crippen molar-refractivity contribution in [2.75, 3.05) is 32.1 Å². The Kier molecular flexibility index (Phi) is 5.14. The highest BCUT2D eigenvalue weighted by molar-refractivity contribution is 6.29. The fourth-order valence-corrected chi connectivity index (χ4v) is 2.58. The molecule has 2 rings (SSSR count). The summed E-state index contributed by atoms with van der Waals surface area (Å²) in [5.74, 6) is 1.58. The minimum atomic E-state index is 0.0898. The molecule has 0 unspecified atom stereocenters. The summed E-state index contributed by atoms with van der Waals surface area (Å²) in [5.41, 5.74) is 0. The zero-order valence-electron chi connectivity index (χ0n) is 11.7. The molecule has 1 aliphatic rings. The van der Waals surface area contributed by atoms with Crippen molar-refractivity contribution in [3.63, 3.8) is 0 Å². The van der Waals surface area contributed by atoms with Gasteiger partial charge in [0.25, 0.3) is 0 Å². The number of amides is 1. The number of piperidine rings is 1. The van der Waals surface area contributed by atoms with Crippen LogP contribution in [-0.2, 0) is 16.1 Å². The number of hydrogen-bond acceptors (Lipinski definition) is 5. The van der Waals surface area contributed by atoms with Crippen molar-refractivity contribution in [2.45, 2.75) is 19.4 Å². The lowest BCUT2D eigenvalue weighted by Crippen LogP contribution is -2.40. The lowest BCUT2D eigenvalue weighted by Gasteiger charge is -2.32. The Bertz CT molecular complexity index is 475. The Labute approximate surface area is 123 Å². The van der Waals surface area contributed by atoms with Crippen molar-refractivity contribution in [3.8, 4) is 0 Å². The van der Waals surface area contributed by atoms with E-state index in [1.165, 1.54) is 0 Å². The maximum atomic E-state index is 11.6. The maximum absolute atomic E-state index is 11.6. The van der Waals surface area contributed by atoms with E-state index in [1.54, 1.807) is 20.2 Å². The molecule has 2 heterocycles. The quantitative estimate of drug-likeness (QED) is 0.847. The number of nitrogens with one attached hydrogen (secondary N) is 1. The van der Waals surface area contributed by atoms with Crippen molar-refractivity contribution < 1.29 is 9.53 Å². The van der Waals surface area contributed by atoms with Gasteiger partial charge in [-0.2, -0.15) is 0 Å². The summed E-state index contributed by atoms with van der Waals surface area (Å²) < 4.78 is 5.03. The molecule has 0 bridgehead atoms. The number of methoxy groups -OCH3 is 1. The summed E-state index contributed by atoms with van der Waals surface area (Å²) in [5, 5.41) is 3.12. The van der Waals surface area contributed by atoms with Crippen LogP contribution in [0.5, 0.6) is 0 Å². The molecule has 0 saturated carbocycles. The first-order valence-electron chi connectivity index (χ1n) is 6.63. The Morgan fingerprint density at radius 2 is 2.20 bits per heavy atom. The second-order valence-electron chi connectivity index (χ2n) is 4.77. The van der Waals surface area contributed by atoms with Gasteiger partial charge >= 0.3 is 0 Å². The number of aromatic nitrogens is 2. The number of ether oxygens (including phenoxy) is 1. The van der Waals surface area contributed by atoms with Crippen LogP contribution in [0, 0.1) is 5.92 Å². The molecule has 6 nitrogen and oxygen atoms in total. The van der Waals surface area contributed by atoms with Gasteiger partial charge in [0.1, 0.15) is 17.6 Å². The Morgan fingerprint density at radius 3 is 2.80 bits per heavy atom. The molecule has 0 aliphatic carbocycles. The highest BCUT2D eigenvalue weighted by Gasteiger charge is 2.25. The molecule has 0 aromatic carbocycles. The van der Waals surface area contributed by atoms with Gasteiger partial charge in [0.05, 0.1) is 0 Å². The zero-order valence-corrected chi connectivity index (χ0v) is 12.5. The normalized spacial score (nSPS) is 16.2. The summed E-state index contributed by atoms with van der Waals surface area (Å²) in [4.78, 5) is 22.3. The Hall–Kier alpha value is -1.40. The molecule has 1 aromatic rings. The maximum Gasteiger partial charge on any atom is 0.222 e. The first-order chi connectivity index (χ1) is 9.63. The van der Waals surface area contributed by atoms with Gasteiger partial charge in [0.15, 0.2) is 5.82 Å². The Morgan fingerprint density at radius 1 is 1.50 bits per heavy atom. The molecule has 110 valence electrons. The lowest BCUT2D eigenvalue weighted by atomic mass is 9.96. The van der Waals surface area contributed by atoms with Crippen molar-refractivity contribution in [3.05, 3.63) is 17.0 Å². The highest BCUT2D eigenvalue weighted by Crippen LogP contribution is 2.23. The second-order valence-corrected chi connectivity index (χ2v) is 5.16. The van der Waals surface area contributed by atoms with Crippen molar-refractivity contribution in [1.29, 1.82) is 0 Å². The lowest BCUT2D eigenvalue weighted by molar-refractivity contribution is -0.125. The average molecular weight is 299 g/mol. The van der Waals surface area contributed by atoms with Gasteiger partial charge in [-0.3, -0.25) is 4.79 Å². The molecule has 0 atom stereocenters. The van der Waals surface area contributed by atoms with E-state index in [2.05, 4.69) is 20.2 Å². The smallest absolute Gasteiger partial charge is 0.222 e. The van der Waals surface area contributed by atoms with E-state index < -0.39 is 0 Å². The Balaban J connectivity index is 2.04. The number of anilines is 1. The third-order valence-electron chi connectivity index (χ3n) is 3.44. The number of carbonyl (C=O) groups is 1. The molecule has 7 heteroatoms. The van der Waals surface area contributed by atoms with E-state index in [0.29, 0.717) is 17.6 Å². The fraction of sp³-hybridized carbons (Fsp3) is 0.615. The van der Waals surface area contributed by atoms with Crippen LogP contribution in [0.15, 0.2) is 6.07 Å². The van der Waals surface area contributed by atoms with E-state index >= 15 is 0 Å². The highest BCUT2D eigenvalue weighted by atomic mass is 35.5. The number of carbonyl (C=O) groups excluding carboxylic acids is 1. The van der Waals surface area contributed by atoms with Crippen molar-refractivity contribution in [1.82, 2.24) is 15.3 Å². The van der Waals surface area contributed by atoms with Crippen LogP contribution in [0.2, 0.25) is 5.15 Å². The van der Waals surface area contributed by atoms with Gasteiger partial charge in [-0.25, -0.2) is 9.97 Å². The van der Waals surface area contributed by atoms with Crippen LogP contribution in [0.1, 0.15) is 18.7 Å². The third-order valence-corrected chi connectivity index (χ3v) is 3.63. The van der Waals surface area contributed by atoms with Crippen LogP contribution in [0.3, 0.4) is 0 Å². The van der Waals surface area contributed by atoms with Crippen molar-refractivity contribution in [2.24, 2.45) is 5.92 Å². The van der Waals surface area contributed by atoms with Crippen LogP contribution >= 0.6 is 11.6 Å². The standard InChI is InChI=1S/C13H19ClN4O2/c1-15-13(19)9-3-5-18(6-4-9)12-7-10(14)16-11(17-12)8-20-2/h7,9H,3-6,8H2,1-2H3,(H,15,19). The molecular weight excluding hydrogens is 280 g/mol. The summed E-state index contributed by atoms with van der Waals surface area (Å²) in [7, 11) is 3.27. The number of hydrogen-bond donors (Lipinski definition) is 1. The molecule has 1 amide bonds. The fourth-order valence-electron chi connectivity index (χ4n) is 2.38. The largest absolute Gasteiger partial charge is 0.377 e. The van der Waals surface area contributed by atoms with Gasteiger partial charge in [-0.05, 0) is 12.8 Å². The SMILES string of the molecule is CNC(=O)C1CCN(c2cc(Cl)nc(COC)n2)CC1. The first kappa shape index (κ1) is 15.0. The van der Waals surface area contributed by atoms with Gasteiger partial charge in [-0.1, -0.05) is 11.6 Å². The molecular formula is C13H19ClN4O2.